The lowest BCUT2D eigenvalue weighted by atomic mass is 10.0. The third kappa shape index (κ3) is 17.8. The molecule has 0 saturated heterocycles. The van der Waals surface area contributed by atoms with Crippen LogP contribution in [0.5, 0.6) is 5.75 Å². The van der Waals surface area contributed by atoms with E-state index < -0.39 is 121 Å². The number of nitrogens with one attached hydrogen (secondary N) is 8. The van der Waals surface area contributed by atoms with Gasteiger partial charge in [0.25, 0.3) is 0 Å². The van der Waals surface area contributed by atoms with Gasteiger partial charge in [-0.15, -0.1) is 0 Å². The van der Waals surface area contributed by atoms with Gasteiger partial charge in [-0.25, -0.2) is 4.79 Å². The van der Waals surface area contributed by atoms with Crippen LogP contribution in [0.15, 0.2) is 54.7 Å². The largest absolute Gasteiger partial charge is 0.508 e. The van der Waals surface area contributed by atoms with Crippen LogP contribution < -0.4 is 43.0 Å². The van der Waals surface area contributed by atoms with Crippen molar-refractivity contribution in [1.29, 1.82) is 0 Å². The number of aliphatic carboxylic acids is 2. The highest BCUT2D eigenvalue weighted by Gasteiger charge is 2.35. The average Bonchev–Trinajstić information content (AvgIpc) is 3.68. The minimum atomic E-state index is -1.87. The fourth-order valence-corrected chi connectivity index (χ4v) is 7.03. The van der Waals surface area contributed by atoms with E-state index >= 15 is 0 Å². The predicted molar refractivity (Wildman–Crippen MR) is 249 cm³/mol. The Bertz CT molecular complexity index is 2280. The number of fused-ring (bicyclic) bond motifs is 1. The quantitative estimate of drug-likeness (QED) is 0.0410. The molecule has 2 aromatic carbocycles. The van der Waals surface area contributed by atoms with E-state index in [0.29, 0.717) is 22.0 Å². The first-order valence-electron chi connectivity index (χ1n) is 22.3. The number of aromatic hydroxyl groups is 1. The summed E-state index contributed by atoms with van der Waals surface area (Å²) in [4.78, 5) is 122. The lowest BCUT2D eigenvalue weighted by molar-refractivity contribution is -0.143. The number of aromatic nitrogens is 1. The molecule has 3 rings (SSSR count). The van der Waals surface area contributed by atoms with Gasteiger partial charge in [0.2, 0.25) is 41.4 Å². The molecule has 15 N–H and O–H groups in total. The van der Waals surface area contributed by atoms with Crippen LogP contribution in [0.25, 0.3) is 10.9 Å². The number of aliphatic hydroxyl groups is 2. The molecular formula is C46H65N9O14. The second-order valence-corrected chi connectivity index (χ2v) is 17.7. The van der Waals surface area contributed by atoms with E-state index in [1.807, 2.05) is 0 Å². The number of rotatable bonds is 27. The number of hydrogen-bond donors (Lipinski definition) is 14. The number of phenols is 1. The molecule has 1 heterocycles. The van der Waals surface area contributed by atoms with Gasteiger partial charge in [0.15, 0.2) is 0 Å². The summed E-state index contributed by atoms with van der Waals surface area (Å²) in [7, 11) is 0. The molecule has 0 fully saturated rings. The maximum Gasteiger partial charge on any atom is 0.326 e. The second-order valence-electron chi connectivity index (χ2n) is 17.7. The molecule has 7 amide bonds. The van der Waals surface area contributed by atoms with Crippen molar-refractivity contribution in [3.8, 4) is 5.75 Å². The minimum Gasteiger partial charge on any atom is -0.508 e. The normalized spacial score (nSPS) is 15.2. The van der Waals surface area contributed by atoms with Crippen LogP contribution in [0.3, 0.4) is 0 Å². The van der Waals surface area contributed by atoms with E-state index in [4.69, 9.17) is 5.73 Å². The SMILES string of the molecule is CC(C)CC(NC(=O)C(Cc1c[nH]c2ccccc12)NC(=O)C(CO)NC(=O)C(Cc1ccc(O)cc1)NC(=O)C(CC(=O)O)NC(=O)C(CC(C)C)NC(=O)C(C)NC(=O)C(N)C(C)O)C(=O)O. The summed E-state index contributed by atoms with van der Waals surface area (Å²) in [5, 5.41) is 67.1. The van der Waals surface area contributed by atoms with E-state index in [2.05, 4.69) is 42.2 Å². The molecule has 0 saturated carbocycles. The highest BCUT2D eigenvalue weighted by Crippen LogP contribution is 2.20. The van der Waals surface area contributed by atoms with Gasteiger partial charge in [-0.2, -0.15) is 0 Å². The molecule has 0 bridgehead atoms. The van der Waals surface area contributed by atoms with Crippen molar-refractivity contribution < 1.29 is 68.7 Å². The topological polar surface area (TPSA) is 381 Å². The smallest absolute Gasteiger partial charge is 0.326 e. The molecule has 9 unspecified atom stereocenters. The summed E-state index contributed by atoms with van der Waals surface area (Å²) in [6.07, 6.45) is -1.11. The number of H-pyrrole nitrogens is 1. The van der Waals surface area contributed by atoms with E-state index in [9.17, 15) is 68.7 Å². The van der Waals surface area contributed by atoms with E-state index in [-0.39, 0.29) is 43.3 Å². The molecule has 0 radical (unpaired) electrons. The summed E-state index contributed by atoms with van der Waals surface area (Å²) in [5.74, 6) is -10.3. The molecule has 23 nitrogen and oxygen atoms in total. The number of aliphatic hydroxyl groups excluding tert-OH is 2. The third-order valence-corrected chi connectivity index (χ3v) is 10.8. The molecule has 0 aliphatic carbocycles. The lowest BCUT2D eigenvalue weighted by Gasteiger charge is -2.27. The predicted octanol–water partition coefficient (Wildman–Crippen LogP) is -1.58. The Labute approximate surface area is 398 Å². The summed E-state index contributed by atoms with van der Waals surface area (Å²) < 4.78 is 0. The Balaban J connectivity index is 1.90. The number of aromatic amines is 1. The van der Waals surface area contributed by atoms with Crippen molar-refractivity contribution in [3.63, 3.8) is 0 Å². The van der Waals surface area contributed by atoms with Gasteiger partial charge in [0.1, 0.15) is 54.1 Å². The zero-order valence-electron chi connectivity index (χ0n) is 39.3. The van der Waals surface area contributed by atoms with E-state index in [1.165, 1.54) is 38.1 Å². The van der Waals surface area contributed by atoms with Crippen molar-refractivity contribution in [2.24, 2.45) is 17.6 Å². The highest BCUT2D eigenvalue weighted by molar-refractivity contribution is 5.99. The van der Waals surface area contributed by atoms with E-state index in [1.54, 1.807) is 58.2 Å². The van der Waals surface area contributed by atoms with Crippen molar-refractivity contribution in [2.75, 3.05) is 6.61 Å². The van der Waals surface area contributed by atoms with Gasteiger partial charge in [-0.1, -0.05) is 58.0 Å². The maximum absolute atomic E-state index is 14.1. The van der Waals surface area contributed by atoms with Crippen molar-refractivity contribution in [3.05, 3.63) is 65.9 Å². The minimum absolute atomic E-state index is 0.0221. The van der Waals surface area contributed by atoms with Crippen LogP contribution in [-0.2, 0) is 56.0 Å². The summed E-state index contributed by atoms with van der Waals surface area (Å²) in [6.45, 7) is 8.49. The second kappa shape index (κ2) is 26.4. The van der Waals surface area contributed by atoms with Crippen molar-refractivity contribution >= 4 is 64.2 Å². The van der Waals surface area contributed by atoms with Crippen molar-refractivity contribution in [1.82, 2.24) is 42.2 Å². The number of carbonyl (C=O) groups excluding carboxylic acids is 7. The fourth-order valence-electron chi connectivity index (χ4n) is 7.03. The number of carboxylic acid groups (broad SMARTS) is 2. The Kier molecular flexibility index (Phi) is 21.5. The number of amides is 7. The molecule has 0 spiro atoms. The molecule has 3 aromatic rings. The first-order valence-corrected chi connectivity index (χ1v) is 22.3. The number of carboxylic acids is 2. The third-order valence-electron chi connectivity index (χ3n) is 10.8. The zero-order valence-corrected chi connectivity index (χ0v) is 39.3. The zero-order chi connectivity index (χ0) is 51.7. The van der Waals surface area contributed by atoms with Crippen LogP contribution in [0.2, 0.25) is 0 Å². The van der Waals surface area contributed by atoms with E-state index in [0.717, 1.165) is 0 Å². The molecule has 0 aliphatic rings. The van der Waals surface area contributed by atoms with Crippen molar-refractivity contribution in [2.45, 2.75) is 128 Å². The summed E-state index contributed by atoms with van der Waals surface area (Å²) in [6, 6.07) is 0.419. The molecule has 23 heteroatoms. The highest BCUT2D eigenvalue weighted by atomic mass is 16.4. The fraction of sp³-hybridized carbons (Fsp3) is 0.500. The summed E-state index contributed by atoms with van der Waals surface area (Å²) >= 11 is 0. The first-order chi connectivity index (χ1) is 32.4. The van der Waals surface area contributed by atoms with Crippen LogP contribution in [0, 0.1) is 11.8 Å². The molecule has 378 valence electrons. The first kappa shape index (κ1) is 56.2. The van der Waals surface area contributed by atoms with Gasteiger partial charge in [-0.05, 0) is 67.9 Å². The standard InChI is InChI=1S/C46H65N9O14/c1-22(2)15-31(50-39(61)24(5)49-45(67)38(47)25(6)57)40(62)53-34(19-37(59)60)43(65)51-32(17-26-11-13-28(58)14-12-26)41(63)55-36(21-56)44(66)52-33(42(64)54-35(46(68)69)16-23(3)4)18-27-20-48-30-10-8-7-9-29(27)30/h7-14,20,22-25,31-36,38,48,56-58H,15-19,21,47H2,1-6H3,(H,49,67)(H,50,61)(H,51,65)(H,52,66)(H,53,62)(H,54,64)(H,55,63)(H,59,60)(H,68,69). The number of carbonyl (C=O) groups is 9. The number of hydrogen-bond acceptors (Lipinski definition) is 13. The van der Waals surface area contributed by atoms with Gasteiger partial charge in [0.05, 0.1) is 19.1 Å². The van der Waals surface area contributed by atoms with Crippen LogP contribution >= 0.6 is 0 Å². The van der Waals surface area contributed by atoms with Gasteiger partial charge < -0.3 is 73.5 Å². The molecule has 1 aromatic heterocycles. The van der Waals surface area contributed by atoms with Crippen LogP contribution in [0.1, 0.15) is 71.9 Å². The Morgan fingerprint density at radius 2 is 1.06 bits per heavy atom. The monoisotopic (exact) mass is 967 g/mol. The number of nitrogens with two attached hydrogens (primary N) is 1. The Morgan fingerprint density at radius 1 is 0.580 bits per heavy atom. The molecule has 9 atom stereocenters. The Hall–Kier alpha value is -7.11. The molecule has 69 heavy (non-hydrogen) atoms. The number of para-hydroxylation sites is 1. The average molecular weight is 968 g/mol. The number of phenolic OH excluding ortho intramolecular Hbond substituents is 1. The van der Waals surface area contributed by atoms with Crippen LogP contribution in [0.4, 0.5) is 0 Å². The van der Waals surface area contributed by atoms with Gasteiger partial charge >= 0.3 is 11.9 Å². The summed E-state index contributed by atoms with van der Waals surface area (Å²) in [5.41, 5.74) is 7.28. The Morgan fingerprint density at radius 3 is 1.61 bits per heavy atom. The molecular weight excluding hydrogens is 903 g/mol. The lowest BCUT2D eigenvalue weighted by Crippen LogP contribution is -2.61. The maximum atomic E-state index is 14.1. The van der Waals surface area contributed by atoms with Gasteiger partial charge in [0, 0.05) is 29.9 Å². The van der Waals surface area contributed by atoms with Gasteiger partial charge in [-0.3, -0.25) is 38.4 Å². The molecule has 0 aliphatic heterocycles. The van der Waals surface area contributed by atoms with Crippen LogP contribution in [-0.4, -0.2) is 145 Å². The number of benzene rings is 2.